The molecule has 16 heavy (non-hydrogen) atoms. The van der Waals surface area contributed by atoms with E-state index in [1.165, 1.54) is 0 Å². The van der Waals surface area contributed by atoms with Gasteiger partial charge in [0.1, 0.15) is 5.76 Å². The Morgan fingerprint density at radius 3 is 3.12 bits per heavy atom. The first-order valence-corrected chi connectivity index (χ1v) is 5.92. The van der Waals surface area contributed by atoms with Gasteiger partial charge in [-0.2, -0.15) is 0 Å². The second-order valence-electron chi connectivity index (χ2n) is 4.26. The van der Waals surface area contributed by atoms with Crippen LogP contribution in [-0.2, 0) is 17.8 Å². The monoisotopic (exact) mass is 224 g/mol. The van der Waals surface area contributed by atoms with E-state index in [2.05, 4.69) is 11.8 Å². The molecule has 1 aromatic rings. The Kier molecular flexibility index (Phi) is 3.98. The number of nitrogens with two attached hydrogens (primary N) is 1. The molecule has 0 saturated carbocycles. The Morgan fingerprint density at radius 1 is 1.56 bits per heavy atom. The first-order chi connectivity index (χ1) is 7.81. The zero-order valence-electron chi connectivity index (χ0n) is 9.82. The van der Waals surface area contributed by atoms with Crippen molar-refractivity contribution in [3.63, 3.8) is 0 Å². The van der Waals surface area contributed by atoms with Gasteiger partial charge in [-0.1, -0.05) is 6.92 Å². The fourth-order valence-electron chi connectivity index (χ4n) is 2.01. The Morgan fingerprint density at radius 2 is 2.44 bits per heavy atom. The van der Waals surface area contributed by atoms with Crippen LogP contribution in [0.4, 0.5) is 0 Å². The molecule has 0 aromatic carbocycles. The lowest BCUT2D eigenvalue weighted by atomic mass is 10.2. The molecule has 1 atom stereocenters. The summed E-state index contributed by atoms with van der Waals surface area (Å²) in [5, 5.41) is 0. The highest BCUT2D eigenvalue weighted by molar-refractivity contribution is 5.12. The lowest BCUT2D eigenvalue weighted by molar-refractivity contribution is -0.0341. The topological polar surface area (TPSA) is 51.6 Å². The van der Waals surface area contributed by atoms with E-state index in [-0.39, 0.29) is 0 Å². The zero-order chi connectivity index (χ0) is 11.4. The molecule has 1 fully saturated rings. The van der Waals surface area contributed by atoms with Gasteiger partial charge in [0.05, 0.1) is 25.5 Å². The minimum Gasteiger partial charge on any atom is -0.468 e. The third kappa shape index (κ3) is 2.84. The third-order valence-electron chi connectivity index (χ3n) is 3.00. The molecule has 2 heterocycles. The van der Waals surface area contributed by atoms with Crippen LogP contribution in [0.1, 0.15) is 24.7 Å². The molecule has 4 heteroatoms. The van der Waals surface area contributed by atoms with Crippen molar-refractivity contribution in [3.8, 4) is 0 Å². The number of hydrogen-bond donors (Lipinski definition) is 1. The average molecular weight is 224 g/mol. The Hall–Kier alpha value is -0.840. The highest BCUT2D eigenvalue weighted by Gasteiger charge is 2.19. The summed E-state index contributed by atoms with van der Waals surface area (Å²) in [5.41, 5.74) is 6.61. The first kappa shape index (κ1) is 11.6. The Bertz CT molecular complexity index is 325. The van der Waals surface area contributed by atoms with E-state index in [0.717, 1.165) is 44.0 Å². The highest BCUT2D eigenvalue weighted by Crippen LogP contribution is 2.14. The van der Waals surface area contributed by atoms with Gasteiger partial charge in [-0.05, 0) is 12.5 Å². The van der Waals surface area contributed by atoms with Gasteiger partial charge in [-0.3, -0.25) is 4.90 Å². The largest absolute Gasteiger partial charge is 0.468 e. The predicted molar refractivity (Wildman–Crippen MR) is 61.9 cm³/mol. The number of morpholine rings is 1. The zero-order valence-corrected chi connectivity index (χ0v) is 9.82. The summed E-state index contributed by atoms with van der Waals surface area (Å²) in [4.78, 5) is 2.37. The molecule has 2 rings (SSSR count). The van der Waals surface area contributed by atoms with E-state index in [4.69, 9.17) is 14.9 Å². The fraction of sp³-hybridized carbons (Fsp3) is 0.667. The summed E-state index contributed by atoms with van der Waals surface area (Å²) in [5.74, 6) is 0.997. The van der Waals surface area contributed by atoms with Crippen molar-refractivity contribution in [2.45, 2.75) is 32.5 Å². The van der Waals surface area contributed by atoms with Gasteiger partial charge in [-0.15, -0.1) is 0 Å². The van der Waals surface area contributed by atoms with E-state index >= 15 is 0 Å². The Balaban J connectivity index is 1.88. The third-order valence-corrected chi connectivity index (χ3v) is 3.00. The SMILES string of the molecule is CCC1CN(Cc2cc(CN)co2)CCO1. The summed E-state index contributed by atoms with van der Waals surface area (Å²) in [6.07, 6.45) is 3.19. The predicted octanol–water partition coefficient (Wildman–Crippen LogP) is 1.35. The highest BCUT2D eigenvalue weighted by atomic mass is 16.5. The molecule has 1 saturated heterocycles. The van der Waals surface area contributed by atoms with Crippen LogP contribution in [0.5, 0.6) is 0 Å². The molecule has 0 aliphatic carbocycles. The van der Waals surface area contributed by atoms with Crippen molar-refractivity contribution < 1.29 is 9.15 Å². The number of furan rings is 1. The quantitative estimate of drug-likeness (QED) is 0.838. The van der Waals surface area contributed by atoms with E-state index < -0.39 is 0 Å². The molecule has 0 radical (unpaired) electrons. The van der Waals surface area contributed by atoms with Crippen LogP contribution in [0.15, 0.2) is 16.7 Å². The maximum atomic E-state index is 5.63. The molecule has 90 valence electrons. The molecule has 0 bridgehead atoms. The summed E-state index contributed by atoms with van der Waals surface area (Å²) in [6.45, 7) is 6.37. The van der Waals surface area contributed by atoms with Gasteiger partial charge in [0.2, 0.25) is 0 Å². The van der Waals surface area contributed by atoms with Crippen LogP contribution < -0.4 is 5.73 Å². The van der Waals surface area contributed by atoms with E-state index in [9.17, 15) is 0 Å². The lowest BCUT2D eigenvalue weighted by Gasteiger charge is -2.31. The van der Waals surface area contributed by atoms with Crippen LogP contribution in [0.2, 0.25) is 0 Å². The minimum atomic E-state index is 0.373. The molecular weight excluding hydrogens is 204 g/mol. The van der Waals surface area contributed by atoms with Gasteiger partial charge in [0.15, 0.2) is 0 Å². The number of hydrogen-bond acceptors (Lipinski definition) is 4. The maximum absolute atomic E-state index is 5.63. The number of rotatable bonds is 4. The molecular formula is C12H20N2O2. The van der Waals surface area contributed by atoms with Crippen LogP contribution in [-0.4, -0.2) is 30.7 Å². The van der Waals surface area contributed by atoms with Gasteiger partial charge >= 0.3 is 0 Å². The van der Waals surface area contributed by atoms with Crippen LogP contribution in [0.25, 0.3) is 0 Å². The van der Waals surface area contributed by atoms with Crippen LogP contribution in [0, 0.1) is 0 Å². The second-order valence-corrected chi connectivity index (χ2v) is 4.26. The van der Waals surface area contributed by atoms with Gasteiger partial charge in [0, 0.05) is 25.2 Å². The van der Waals surface area contributed by atoms with Gasteiger partial charge < -0.3 is 14.9 Å². The maximum Gasteiger partial charge on any atom is 0.118 e. The molecule has 2 N–H and O–H groups in total. The van der Waals surface area contributed by atoms with Crippen molar-refractivity contribution in [2.24, 2.45) is 5.73 Å². The van der Waals surface area contributed by atoms with E-state index in [0.29, 0.717) is 12.6 Å². The summed E-state index contributed by atoms with van der Waals surface area (Å²) in [7, 11) is 0. The minimum absolute atomic E-state index is 0.373. The van der Waals surface area contributed by atoms with Crippen molar-refractivity contribution in [1.82, 2.24) is 4.90 Å². The van der Waals surface area contributed by atoms with E-state index in [1.807, 2.05) is 6.07 Å². The molecule has 1 unspecified atom stereocenters. The normalized spacial score (nSPS) is 22.5. The van der Waals surface area contributed by atoms with Crippen LogP contribution in [0.3, 0.4) is 0 Å². The second kappa shape index (κ2) is 5.48. The molecule has 4 nitrogen and oxygen atoms in total. The summed E-state index contributed by atoms with van der Waals surface area (Å²) < 4.78 is 11.1. The fourth-order valence-corrected chi connectivity index (χ4v) is 2.01. The van der Waals surface area contributed by atoms with Crippen molar-refractivity contribution >= 4 is 0 Å². The van der Waals surface area contributed by atoms with Gasteiger partial charge in [-0.25, -0.2) is 0 Å². The lowest BCUT2D eigenvalue weighted by Crippen LogP contribution is -2.41. The molecule has 0 spiro atoms. The molecule has 1 aliphatic rings. The van der Waals surface area contributed by atoms with Gasteiger partial charge in [0.25, 0.3) is 0 Å². The van der Waals surface area contributed by atoms with Crippen molar-refractivity contribution in [1.29, 1.82) is 0 Å². The summed E-state index contributed by atoms with van der Waals surface area (Å²) in [6, 6.07) is 2.04. The first-order valence-electron chi connectivity index (χ1n) is 5.92. The molecule has 0 amide bonds. The van der Waals surface area contributed by atoms with E-state index in [1.54, 1.807) is 6.26 Å². The smallest absolute Gasteiger partial charge is 0.118 e. The summed E-state index contributed by atoms with van der Waals surface area (Å²) >= 11 is 0. The average Bonchev–Trinajstić information content (AvgIpc) is 2.77. The Labute approximate surface area is 96.4 Å². The number of ether oxygens (including phenoxy) is 1. The molecule has 1 aromatic heterocycles. The standard InChI is InChI=1S/C12H20N2O2/c1-2-11-7-14(3-4-15-11)8-12-5-10(6-13)9-16-12/h5,9,11H,2-4,6-8,13H2,1H3. The molecule has 1 aliphatic heterocycles. The van der Waals surface area contributed by atoms with Crippen LogP contribution >= 0.6 is 0 Å². The van der Waals surface area contributed by atoms with Crippen molar-refractivity contribution in [2.75, 3.05) is 19.7 Å². The number of nitrogens with zero attached hydrogens (tertiary/aromatic N) is 1. The van der Waals surface area contributed by atoms with Crippen molar-refractivity contribution in [3.05, 3.63) is 23.7 Å².